The molecule has 0 spiro atoms. The highest BCUT2D eigenvalue weighted by Crippen LogP contribution is 2.11. The summed E-state index contributed by atoms with van der Waals surface area (Å²) >= 11 is 0. The molecule has 0 aliphatic heterocycles. The lowest BCUT2D eigenvalue weighted by Gasteiger charge is -2.20. The highest BCUT2D eigenvalue weighted by atomic mass is 16.1. The minimum absolute atomic E-state index is 0.0401. The summed E-state index contributed by atoms with van der Waals surface area (Å²) in [6.45, 7) is 6.60. The van der Waals surface area contributed by atoms with Crippen molar-refractivity contribution >= 4 is 5.91 Å². The number of amides is 1. The number of nitrogens with one attached hydrogen (secondary N) is 1. The number of hydrogen-bond acceptors (Lipinski definition) is 2. The fourth-order valence-electron chi connectivity index (χ4n) is 1.64. The molecule has 2 unspecified atom stereocenters. The Morgan fingerprint density at radius 2 is 2.12 bits per heavy atom. The molecule has 0 aliphatic rings. The van der Waals surface area contributed by atoms with Crippen molar-refractivity contribution in [2.45, 2.75) is 46.1 Å². The Balaban J connectivity index is 4.24. The number of rotatable bonds is 7. The summed E-state index contributed by atoms with van der Waals surface area (Å²) in [5.41, 5.74) is 5.61. The standard InChI is InChI=1S/C13H24N2O/c1-5-7-12(6-2)15-13(16)11(9-14)8-10(3)4/h1,10-12H,6-9,14H2,2-4H3,(H,15,16). The van der Waals surface area contributed by atoms with E-state index in [4.69, 9.17) is 12.2 Å². The molecule has 0 radical (unpaired) electrons. The van der Waals surface area contributed by atoms with E-state index >= 15 is 0 Å². The van der Waals surface area contributed by atoms with Crippen molar-refractivity contribution in [2.75, 3.05) is 6.54 Å². The number of carbonyl (C=O) groups excluding carboxylic acids is 1. The normalized spacial score (nSPS) is 14.2. The summed E-state index contributed by atoms with van der Waals surface area (Å²) in [6, 6.07) is 0.0821. The van der Waals surface area contributed by atoms with Gasteiger partial charge in [-0.2, -0.15) is 0 Å². The quantitative estimate of drug-likeness (QED) is 0.644. The van der Waals surface area contributed by atoms with Gasteiger partial charge in [-0.1, -0.05) is 20.8 Å². The van der Waals surface area contributed by atoms with Crippen molar-refractivity contribution in [3.63, 3.8) is 0 Å². The molecule has 0 heterocycles. The van der Waals surface area contributed by atoms with Crippen LogP contribution in [0.3, 0.4) is 0 Å². The smallest absolute Gasteiger partial charge is 0.224 e. The first-order valence-electron chi connectivity index (χ1n) is 5.99. The van der Waals surface area contributed by atoms with Crippen LogP contribution >= 0.6 is 0 Å². The SMILES string of the molecule is C#CCC(CC)NC(=O)C(CN)CC(C)C. The predicted octanol–water partition coefficient (Wildman–Crippen LogP) is 1.53. The molecule has 0 rings (SSSR count). The summed E-state index contributed by atoms with van der Waals surface area (Å²) in [4.78, 5) is 11.9. The summed E-state index contributed by atoms with van der Waals surface area (Å²) in [5, 5.41) is 2.96. The number of carbonyl (C=O) groups is 1. The van der Waals surface area contributed by atoms with Crippen LogP contribution in [0, 0.1) is 24.2 Å². The van der Waals surface area contributed by atoms with Crippen LogP contribution in [0.5, 0.6) is 0 Å². The highest BCUT2D eigenvalue weighted by molar-refractivity contribution is 5.79. The molecule has 1 amide bonds. The second-order valence-electron chi connectivity index (χ2n) is 4.58. The Morgan fingerprint density at radius 1 is 1.50 bits per heavy atom. The van der Waals surface area contributed by atoms with Crippen LogP contribution in [0.15, 0.2) is 0 Å². The van der Waals surface area contributed by atoms with Gasteiger partial charge in [0.25, 0.3) is 0 Å². The lowest BCUT2D eigenvalue weighted by Crippen LogP contribution is -2.41. The molecule has 0 aromatic heterocycles. The largest absolute Gasteiger partial charge is 0.352 e. The maximum Gasteiger partial charge on any atom is 0.224 e. The van der Waals surface area contributed by atoms with Gasteiger partial charge in [-0.05, 0) is 18.8 Å². The number of hydrogen-bond donors (Lipinski definition) is 2. The second kappa shape index (κ2) is 8.18. The molecule has 3 N–H and O–H groups in total. The average molecular weight is 224 g/mol. The van der Waals surface area contributed by atoms with Crippen LogP contribution in [0.2, 0.25) is 0 Å². The fourth-order valence-corrected chi connectivity index (χ4v) is 1.64. The van der Waals surface area contributed by atoms with Gasteiger partial charge in [0, 0.05) is 19.0 Å². The fraction of sp³-hybridized carbons (Fsp3) is 0.769. The molecule has 0 aromatic rings. The Bertz CT molecular complexity index is 243. The maximum absolute atomic E-state index is 11.9. The molecule has 3 heteroatoms. The zero-order valence-electron chi connectivity index (χ0n) is 10.6. The first kappa shape index (κ1) is 15.0. The van der Waals surface area contributed by atoms with E-state index in [1.807, 2.05) is 6.92 Å². The monoisotopic (exact) mass is 224 g/mol. The van der Waals surface area contributed by atoms with Crippen molar-refractivity contribution < 1.29 is 4.79 Å². The molecular weight excluding hydrogens is 200 g/mol. The van der Waals surface area contributed by atoms with Gasteiger partial charge in [0.1, 0.15) is 0 Å². The van der Waals surface area contributed by atoms with Crippen LogP contribution in [0.25, 0.3) is 0 Å². The first-order valence-corrected chi connectivity index (χ1v) is 5.99. The van der Waals surface area contributed by atoms with E-state index in [1.165, 1.54) is 0 Å². The summed E-state index contributed by atoms with van der Waals surface area (Å²) in [7, 11) is 0. The van der Waals surface area contributed by atoms with Gasteiger partial charge < -0.3 is 11.1 Å². The molecule has 0 saturated heterocycles. The molecule has 2 atom stereocenters. The third-order valence-corrected chi connectivity index (χ3v) is 2.61. The summed E-state index contributed by atoms with van der Waals surface area (Å²) in [5.74, 6) is 3.00. The lowest BCUT2D eigenvalue weighted by atomic mass is 9.96. The number of nitrogens with two attached hydrogens (primary N) is 1. The molecular formula is C13H24N2O. The third-order valence-electron chi connectivity index (χ3n) is 2.61. The van der Waals surface area contributed by atoms with Crippen molar-refractivity contribution in [1.29, 1.82) is 0 Å². The maximum atomic E-state index is 11.9. The molecule has 16 heavy (non-hydrogen) atoms. The second-order valence-corrected chi connectivity index (χ2v) is 4.58. The molecule has 0 aromatic carbocycles. The van der Waals surface area contributed by atoms with E-state index in [1.54, 1.807) is 0 Å². The Hall–Kier alpha value is -1.01. The van der Waals surface area contributed by atoms with Gasteiger partial charge in [-0.3, -0.25) is 4.79 Å². The minimum atomic E-state index is -0.0909. The van der Waals surface area contributed by atoms with E-state index < -0.39 is 0 Å². The average Bonchev–Trinajstić information content (AvgIpc) is 2.24. The predicted molar refractivity (Wildman–Crippen MR) is 67.7 cm³/mol. The van der Waals surface area contributed by atoms with Gasteiger partial charge in [0.05, 0.1) is 5.92 Å². The van der Waals surface area contributed by atoms with Crippen molar-refractivity contribution in [3.8, 4) is 12.3 Å². The van der Waals surface area contributed by atoms with Crippen molar-refractivity contribution in [3.05, 3.63) is 0 Å². The topological polar surface area (TPSA) is 55.1 Å². The lowest BCUT2D eigenvalue weighted by molar-refractivity contribution is -0.125. The van der Waals surface area contributed by atoms with E-state index in [0.29, 0.717) is 18.9 Å². The minimum Gasteiger partial charge on any atom is -0.352 e. The highest BCUT2D eigenvalue weighted by Gasteiger charge is 2.20. The zero-order chi connectivity index (χ0) is 12.6. The first-order chi connectivity index (χ1) is 7.54. The van der Waals surface area contributed by atoms with Crippen LogP contribution in [0.1, 0.15) is 40.0 Å². The van der Waals surface area contributed by atoms with E-state index in [0.717, 1.165) is 12.8 Å². The molecule has 0 fully saturated rings. The van der Waals surface area contributed by atoms with Crippen LogP contribution in [0.4, 0.5) is 0 Å². The van der Waals surface area contributed by atoms with E-state index in [9.17, 15) is 4.79 Å². The number of terminal acetylenes is 1. The molecule has 3 nitrogen and oxygen atoms in total. The van der Waals surface area contributed by atoms with E-state index in [2.05, 4.69) is 25.1 Å². The molecule has 0 bridgehead atoms. The van der Waals surface area contributed by atoms with Crippen molar-refractivity contribution in [2.24, 2.45) is 17.6 Å². The van der Waals surface area contributed by atoms with Crippen LogP contribution < -0.4 is 11.1 Å². The Morgan fingerprint density at radius 3 is 2.50 bits per heavy atom. The van der Waals surface area contributed by atoms with Gasteiger partial charge in [0.2, 0.25) is 5.91 Å². The van der Waals surface area contributed by atoms with Gasteiger partial charge >= 0.3 is 0 Å². The van der Waals surface area contributed by atoms with Crippen LogP contribution in [-0.2, 0) is 4.79 Å². The Kier molecular flexibility index (Phi) is 7.66. The van der Waals surface area contributed by atoms with Gasteiger partial charge in [0.15, 0.2) is 0 Å². The van der Waals surface area contributed by atoms with Gasteiger partial charge in [-0.25, -0.2) is 0 Å². The summed E-state index contributed by atoms with van der Waals surface area (Å²) in [6.07, 6.45) is 7.51. The van der Waals surface area contributed by atoms with Crippen LogP contribution in [-0.4, -0.2) is 18.5 Å². The molecule has 0 aliphatic carbocycles. The summed E-state index contributed by atoms with van der Waals surface area (Å²) < 4.78 is 0. The zero-order valence-corrected chi connectivity index (χ0v) is 10.6. The van der Waals surface area contributed by atoms with Crippen molar-refractivity contribution in [1.82, 2.24) is 5.32 Å². The molecule has 0 saturated carbocycles. The van der Waals surface area contributed by atoms with Gasteiger partial charge in [-0.15, -0.1) is 12.3 Å². The third kappa shape index (κ3) is 5.77. The molecule has 92 valence electrons. The Labute approximate surface area is 99.2 Å². The van der Waals surface area contributed by atoms with E-state index in [-0.39, 0.29) is 17.9 Å².